The van der Waals surface area contributed by atoms with Crippen LogP contribution in [0.4, 0.5) is 0 Å². The van der Waals surface area contributed by atoms with E-state index in [9.17, 15) is 4.79 Å². The van der Waals surface area contributed by atoms with Crippen molar-refractivity contribution in [2.75, 3.05) is 13.2 Å². The molecule has 7 heteroatoms. The first-order valence-electron chi connectivity index (χ1n) is 8.41. The van der Waals surface area contributed by atoms with Gasteiger partial charge in [-0.05, 0) is 24.3 Å². The van der Waals surface area contributed by atoms with Gasteiger partial charge in [-0.1, -0.05) is 23.4 Å². The Kier molecular flexibility index (Phi) is 4.39. The van der Waals surface area contributed by atoms with Gasteiger partial charge in [0.2, 0.25) is 5.91 Å². The number of amides is 1. The summed E-state index contributed by atoms with van der Waals surface area (Å²) in [5.41, 5.74) is 1.72. The van der Waals surface area contributed by atoms with E-state index in [1.165, 1.54) is 0 Å². The molecule has 4 rings (SSSR count). The Morgan fingerprint density at radius 2 is 2.32 bits per heavy atom. The second kappa shape index (κ2) is 6.98. The lowest BCUT2D eigenvalue weighted by atomic mass is 10.0. The van der Waals surface area contributed by atoms with Crippen LogP contribution < -0.4 is 5.32 Å². The van der Waals surface area contributed by atoms with Crippen LogP contribution in [0.2, 0.25) is 0 Å². The molecule has 1 amide bonds. The van der Waals surface area contributed by atoms with Crippen LogP contribution in [0.5, 0.6) is 0 Å². The quantitative estimate of drug-likeness (QED) is 0.767. The number of pyridine rings is 1. The van der Waals surface area contributed by atoms with Gasteiger partial charge in [-0.25, -0.2) is 4.68 Å². The van der Waals surface area contributed by atoms with Gasteiger partial charge in [0.25, 0.3) is 0 Å². The number of nitrogens with zero attached hydrogens (tertiary/aromatic N) is 4. The molecule has 1 aliphatic heterocycles. The minimum Gasteiger partial charge on any atom is -0.376 e. The van der Waals surface area contributed by atoms with Crippen LogP contribution >= 0.6 is 0 Å². The van der Waals surface area contributed by atoms with E-state index in [0.29, 0.717) is 6.54 Å². The molecule has 1 N–H and O–H groups in total. The van der Waals surface area contributed by atoms with Gasteiger partial charge >= 0.3 is 0 Å². The topological polar surface area (TPSA) is 81.9 Å². The predicted molar refractivity (Wildman–Crippen MR) is 92.7 cm³/mol. The van der Waals surface area contributed by atoms with Crippen LogP contribution in [-0.4, -0.2) is 45.1 Å². The standard InChI is InChI=1S/C18H19N5O2/c24-18(20-10-14-4-2-8-25-14)12-23-11-17(21-22-23)16-5-1-3-13-9-19-7-6-15(13)16/h1,3,5-7,9,11,14H,2,4,8,10,12H2,(H,20,24). The molecule has 25 heavy (non-hydrogen) atoms. The summed E-state index contributed by atoms with van der Waals surface area (Å²) in [7, 11) is 0. The number of nitrogens with one attached hydrogen (secondary N) is 1. The SMILES string of the molecule is O=C(Cn1cc(-c2cccc3cnccc23)nn1)NCC1CCCO1. The van der Waals surface area contributed by atoms with Crippen molar-refractivity contribution in [3.8, 4) is 11.3 Å². The maximum atomic E-state index is 12.1. The maximum absolute atomic E-state index is 12.1. The summed E-state index contributed by atoms with van der Waals surface area (Å²) in [5, 5.41) is 13.3. The number of ether oxygens (including phenoxy) is 1. The minimum absolute atomic E-state index is 0.0888. The van der Waals surface area contributed by atoms with Crippen LogP contribution in [0.25, 0.3) is 22.0 Å². The van der Waals surface area contributed by atoms with E-state index in [0.717, 1.165) is 41.5 Å². The Hall–Kier alpha value is -2.80. The Bertz CT molecular complexity index is 881. The van der Waals surface area contributed by atoms with E-state index in [4.69, 9.17) is 4.74 Å². The normalized spacial score (nSPS) is 17.0. The Labute approximate surface area is 145 Å². The van der Waals surface area contributed by atoms with Gasteiger partial charge in [0.05, 0.1) is 12.3 Å². The van der Waals surface area contributed by atoms with Gasteiger partial charge in [-0.2, -0.15) is 0 Å². The third-order valence-corrected chi connectivity index (χ3v) is 4.35. The number of benzene rings is 1. The van der Waals surface area contributed by atoms with Crippen molar-refractivity contribution < 1.29 is 9.53 Å². The Morgan fingerprint density at radius 1 is 1.36 bits per heavy atom. The summed E-state index contributed by atoms with van der Waals surface area (Å²) in [5.74, 6) is -0.0888. The smallest absolute Gasteiger partial charge is 0.241 e. The summed E-state index contributed by atoms with van der Waals surface area (Å²) in [6, 6.07) is 7.92. The molecule has 1 atom stereocenters. The van der Waals surface area contributed by atoms with Gasteiger partial charge in [0.15, 0.2) is 0 Å². The van der Waals surface area contributed by atoms with Gasteiger partial charge in [-0.3, -0.25) is 9.78 Å². The predicted octanol–water partition coefficient (Wildman–Crippen LogP) is 1.79. The van der Waals surface area contributed by atoms with E-state index in [2.05, 4.69) is 20.6 Å². The first kappa shape index (κ1) is 15.7. The third kappa shape index (κ3) is 3.51. The molecule has 0 saturated carbocycles. The Morgan fingerprint density at radius 3 is 3.20 bits per heavy atom. The van der Waals surface area contributed by atoms with Crippen LogP contribution in [0.15, 0.2) is 42.9 Å². The summed E-state index contributed by atoms with van der Waals surface area (Å²) in [6.07, 6.45) is 7.58. The second-order valence-electron chi connectivity index (χ2n) is 6.14. The molecule has 3 aromatic rings. The van der Waals surface area contributed by atoms with Crippen LogP contribution in [0, 0.1) is 0 Å². The van der Waals surface area contributed by atoms with Crippen molar-refractivity contribution in [3.63, 3.8) is 0 Å². The molecule has 1 fully saturated rings. The average molecular weight is 337 g/mol. The molecule has 1 aromatic carbocycles. The number of hydrogen-bond donors (Lipinski definition) is 1. The summed E-state index contributed by atoms with van der Waals surface area (Å²) >= 11 is 0. The number of hydrogen-bond acceptors (Lipinski definition) is 5. The van der Waals surface area contributed by atoms with Crippen molar-refractivity contribution in [2.24, 2.45) is 0 Å². The first-order valence-corrected chi connectivity index (χ1v) is 8.41. The van der Waals surface area contributed by atoms with E-state index >= 15 is 0 Å². The lowest BCUT2D eigenvalue weighted by molar-refractivity contribution is -0.122. The minimum atomic E-state index is -0.0888. The fraction of sp³-hybridized carbons (Fsp3) is 0.333. The van der Waals surface area contributed by atoms with Crippen molar-refractivity contribution in [2.45, 2.75) is 25.5 Å². The summed E-state index contributed by atoms with van der Waals surface area (Å²) in [4.78, 5) is 16.2. The molecular weight excluding hydrogens is 318 g/mol. The number of rotatable bonds is 5. The zero-order chi connectivity index (χ0) is 17.1. The van der Waals surface area contributed by atoms with Crippen molar-refractivity contribution in [1.29, 1.82) is 0 Å². The first-order chi connectivity index (χ1) is 12.3. The molecule has 0 aliphatic carbocycles. The van der Waals surface area contributed by atoms with Crippen LogP contribution in [0.3, 0.4) is 0 Å². The molecular formula is C18H19N5O2. The van der Waals surface area contributed by atoms with E-state index in [1.54, 1.807) is 17.1 Å². The van der Waals surface area contributed by atoms with Gasteiger partial charge in [-0.15, -0.1) is 5.10 Å². The lowest BCUT2D eigenvalue weighted by Crippen LogP contribution is -2.34. The summed E-state index contributed by atoms with van der Waals surface area (Å²) in [6.45, 7) is 1.48. The Balaban J connectivity index is 1.45. The fourth-order valence-electron chi connectivity index (χ4n) is 3.08. The molecule has 7 nitrogen and oxygen atoms in total. The number of carbonyl (C=O) groups excluding carboxylic acids is 1. The summed E-state index contributed by atoms with van der Waals surface area (Å²) < 4.78 is 7.06. The van der Waals surface area contributed by atoms with Gasteiger partial charge < -0.3 is 10.1 Å². The molecule has 0 spiro atoms. The van der Waals surface area contributed by atoms with E-state index in [1.807, 2.05) is 30.5 Å². The number of fused-ring (bicyclic) bond motifs is 1. The molecule has 1 saturated heterocycles. The van der Waals surface area contributed by atoms with Crippen molar-refractivity contribution in [1.82, 2.24) is 25.3 Å². The zero-order valence-corrected chi connectivity index (χ0v) is 13.8. The molecule has 3 heterocycles. The van der Waals surface area contributed by atoms with E-state index in [-0.39, 0.29) is 18.6 Å². The lowest BCUT2D eigenvalue weighted by Gasteiger charge is -2.10. The number of aromatic nitrogens is 4. The third-order valence-electron chi connectivity index (χ3n) is 4.35. The van der Waals surface area contributed by atoms with E-state index < -0.39 is 0 Å². The largest absolute Gasteiger partial charge is 0.376 e. The van der Waals surface area contributed by atoms with Crippen molar-refractivity contribution >= 4 is 16.7 Å². The molecule has 2 aromatic heterocycles. The highest BCUT2D eigenvalue weighted by Gasteiger charge is 2.16. The highest BCUT2D eigenvalue weighted by atomic mass is 16.5. The number of carbonyl (C=O) groups is 1. The van der Waals surface area contributed by atoms with Crippen molar-refractivity contribution in [3.05, 3.63) is 42.9 Å². The molecule has 1 aliphatic rings. The molecule has 0 radical (unpaired) electrons. The highest BCUT2D eigenvalue weighted by molar-refractivity contribution is 5.95. The molecule has 128 valence electrons. The monoisotopic (exact) mass is 337 g/mol. The van der Waals surface area contributed by atoms with Crippen LogP contribution in [-0.2, 0) is 16.1 Å². The van der Waals surface area contributed by atoms with Crippen LogP contribution in [0.1, 0.15) is 12.8 Å². The molecule has 1 unspecified atom stereocenters. The maximum Gasteiger partial charge on any atom is 0.241 e. The van der Waals surface area contributed by atoms with Gasteiger partial charge in [0, 0.05) is 36.5 Å². The molecule has 0 bridgehead atoms. The highest BCUT2D eigenvalue weighted by Crippen LogP contribution is 2.26. The average Bonchev–Trinajstić information content (AvgIpc) is 3.31. The van der Waals surface area contributed by atoms with Gasteiger partial charge in [0.1, 0.15) is 12.2 Å². The zero-order valence-electron chi connectivity index (χ0n) is 13.8. The second-order valence-corrected chi connectivity index (χ2v) is 6.14. The fourth-order valence-corrected chi connectivity index (χ4v) is 3.08.